The zero-order valence-electron chi connectivity index (χ0n) is 7.88. The molecule has 0 saturated heterocycles. The van der Waals surface area contributed by atoms with E-state index < -0.39 is 5.97 Å². The molecule has 0 fully saturated rings. The number of nitrogens with zero attached hydrogens (tertiary/aromatic N) is 5. The predicted molar refractivity (Wildman–Crippen MR) is 48.0 cm³/mol. The number of carboxylic acid groups (broad SMARTS) is 1. The van der Waals surface area contributed by atoms with E-state index in [1.807, 2.05) is 6.92 Å². The van der Waals surface area contributed by atoms with Gasteiger partial charge in [0.1, 0.15) is 11.4 Å². The van der Waals surface area contributed by atoms with Crippen molar-refractivity contribution in [3.63, 3.8) is 0 Å². The van der Waals surface area contributed by atoms with Crippen molar-refractivity contribution in [2.24, 2.45) is 0 Å². The van der Waals surface area contributed by atoms with Crippen LogP contribution in [0.2, 0.25) is 0 Å². The third kappa shape index (κ3) is 1.56. The van der Waals surface area contributed by atoms with Crippen molar-refractivity contribution < 1.29 is 9.90 Å². The topological polar surface area (TPSA) is 110 Å². The van der Waals surface area contributed by atoms with Gasteiger partial charge in [0.05, 0.1) is 12.7 Å². The fourth-order valence-electron chi connectivity index (χ4n) is 1.12. The molecule has 0 amide bonds. The Kier molecular flexibility index (Phi) is 2.16. The van der Waals surface area contributed by atoms with E-state index >= 15 is 0 Å². The molecule has 2 N–H and O–H groups in total. The molecule has 15 heavy (non-hydrogen) atoms. The van der Waals surface area contributed by atoms with Gasteiger partial charge in [-0.3, -0.25) is 0 Å². The SMILES string of the molecule is CCn1ncc(-c2n[nH]nc2C(=O)O)n1. The molecule has 2 heterocycles. The second kappa shape index (κ2) is 3.48. The van der Waals surface area contributed by atoms with Crippen molar-refractivity contribution in [3.05, 3.63) is 11.9 Å². The molecular formula is C7H8N6O2. The number of hydrogen-bond donors (Lipinski definition) is 2. The van der Waals surface area contributed by atoms with Gasteiger partial charge in [0.25, 0.3) is 0 Å². The Morgan fingerprint density at radius 1 is 1.60 bits per heavy atom. The number of nitrogens with one attached hydrogen (secondary N) is 1. The predicted octanol–water partition coefficient (Wildman–Crippen LogP) is -0.219. The summed E-state index contributed by atoms with van der Waals surface area (Å²) in [6.07, 6.45) is 1.45. The molecule has 0 spiro atoms. The van der Waals surface area contributed by atoms with Gasteiger partial charge in [0, 0.05) is 0 Å². The lowest BCUT2D eigenvalue weighted by molar-refractivity contribution is 0.0691. The number of aromatic amines is 1. The van der Waals surface area contributed by atoms with Gasteiger partial charge >= 0.3 is 5.97 Å². The molecule has 78 valence electrons. The molecule has 0 aliphatic heterocycles. The van der Waals surface area contributed by atoms with Crippen LogP contribution in [-0.4, -0.2) is 41.5 Å². The van der Waals surface area contributed by atoms with Crippen LogP contribution in [0, 0.1) is 0 Å². The first-order chi connectivity index (χ1) is 7.22. The number of carbonyl (C=O) groups is 1. The van der Waals surface area contributed by atoms with Gasteiger partial charge in [-0.05, 0) is 6.92 Å². The summed E-state index contributed by atoms with van der Waals surface area (Å²) < 4.78 is 0. The summed E-state index contributed by atoms with van der Waals surface area (Å²) in [5.41, 5.74) is 0.434. The minimum atomic E-state index is -1.15. The van der Waals surface area contributed by atoms with Crippen molar-refractivity contribution in [2.75, 3.05) is 0 Å². The zero-order valence-corrected chi connectivity index (χ0v) is 7.88. The molecule has 0 bridgehead atoms. The van der Waals surface area contributed by atoms with Gasteiger partial charge in [0.2, 0.25) is 0 Å². The van der Waals surface area contributed by atoms with Gasteiger partial charge < -0.3 is 5.11 Å². The number of carboxylic acids is 1. The maximum Gasteiger partial charge on any atom is 0.358 e. The van der Waals surface area contributed by atoms with E-state index in [0.717, 1.165) is 0 Å². The number of aromatic nitrogens is 6. The number of rotatable bonds is 3. The first-order valence-corrected chi connectivity index (χ1v) is 4.27. The van der Waals surface area contributed by atoms with Crippen LogP contribution in [0.15, 0.2) is 6.20 Å². The average molecular weight is 208 g/mol. The van der Waals surface area contributed by atoms with Crippen molar-refractivity contribution in [2.45, 2.75) is 13.5 Å². The fraction of sp³-hybridized carbons (Fsp3) is 0.286. The Morgan fingerprint density at radius 3 is 3.00 bits per heavy atom. The first kappa shape index (κ1) is 9.31. The third-order valence-electron chi connectivity index (χ3n) is 1.81. The molecule has 0 aliphatic carbocycles. The highest BCUT2D eigenvalue weighted by Crippen LogP contribution is 2.15. The summed E-state index contributed by atoms with van der Waals surface area (Å²) in [6.45, 7) is 2.49. The fourth-order valence-corrected chi connectivity index (χ4v) is 1.12. The zero-order chi connectivity index (χ0) is 10.8. The van der Waals surface area contributed by atoms with E-state index in [1.54, 1.807) is 0 Å². The second-order valence-electron chi connectivity index (χ2n) is 2.74. The third-order valence-corrected chi connectivity index (χ3v) is 1.81. The quantitative estimate of drug-likeness (QED) is 0.721. The Morgan fingerprint density at radius 2 is 2.40 bits per heavy atom. The van der Waals surface area contributed by atoms with Crippen molar-refractivity contribution in [1.29, 1.82) is 0 Å². The molecule has 0 unspecified atom stereocenters. The first-order valence-electron chi connectivity index (χ1n) is 4.27. The molecule has 0 saturated carbocycles. The molecule has 0 aromatic carbocycles. The highest BCUT2D eigenvalue weighted by atomic mass is 16.4. The van der Waals surface area contributed by atoms with Crippen molar-refractivity contribution in [1.82, 2.24) is 30.4 Å². The largest absolute Gasteiger partial charge is 0.476 e. The molecule has 2 rings (SSSR count). The maximum absolute atomic E-state index is 10.8. The number of aromatic carboxylic acids is 1. The lowest BCUT2D eigenvalue weighted by atomic mass is 10.2. The summed E-state index contributed by atoms with van der Waals surface area (Å²) in [4.78, 5) is 12.2. The van der Waals surface area contributed by atoms with Crippen LogP contribution in [0.25, 0.3) is 11.4 Å². The molecule has 2 aromatic heterocycles. The molecule has 8 nitrogen and oxygen atoms in total. The number of aryl methyl sites for hydroxylation is 1. The van der Waals surface area contributed by atoms with E-state index in [1.165, 1.54) is 11.0 Å². The normalized spacial score (nSPS) is 10.5. The van der Waals surface area contributed by atoms with Crippen LogP contribution >= 0.6 is 0 Å². The van der Waals surface area contributed by atoms with Gasteiger partial charge in [-0.15, -0.1) is 5.10 Å². The van der Waals surface area contributed by atoms with Crippen LogP contribution in [0.3, 0.4) is 0 Å². The van der Waals surface area contributed by atoms with Crippen LogP contribution < -0.4 is 0 Å². The van der Waals surface area contributed by atoms with E-state index in [9.17, 15) is 4.79 Å². The van der Waals surface area contributed by atoms with Crippen LogP contribution in [0.1, 0.15) is 17.4 Å². The maximum atomic E-state index is 10.8. The molecule has 8 heteroatoms. The molecule has 0 aliphatic rings. The van der Waals surface area contributed by atoms with E-state index in [0.29, 0.717) is 12.2 Å². The summed E-state index contributed by atoms with van der Waals surface area (Å²) >= 11 is 0. The lowest BCUT2D eigenvalue weighted by Gasteiger charge is -1.91. The minimum absolute atomic E-state index is 0.154. The molecule has 0 atom stereocenters. The molecule has 2 aromatic rings. The standard InChI is InChI=1S/C7H8N6O2/c1-2-13-8-3-4(11-13)5-6(7(14)15)10-12-9-5/h3H,2H2,1H3,(H,14,15)(H,9,10,12). The highest BCUT2D eigenvalue weighted by molar-refractivity contribution is 5.91. The van der Waals surface area contributed by atoms with Crippen LogP contribution in [0.4, 0.5) is 0 Å². The summed E-state index contributed by atoms with van der Waals surface area (Å²) in [7, 11) is 0. The van der Waals surface area contributed by atoms with Gasteiger partial charge in [-0.1, -0.05) is 0 Å². The summed E-state index contributed by atoms with van der Waals surface area (Å²) in [5, 5.41) is 26.2. The van der Waals surface area contributed by atoms with Crippen LogP contribution in [0.5, 0.6) is 0 Å². The Labute approximate surface area is 83.9 Å². The molecule has 0 radical (unpaired) electrons. The Hall–Kier alpha value is -2.25. The van der Waals surface area contributed by atoms with Gasteiger partial charge in [0.15, 0.2) is 5.69 Å². The van der Waals surface area contributed by atoms with Crippen LogP contribution in [-0.2, 0) is 6.54 Å². The van der Waals surface area contributed by atoms with E-state index in [-0.39, 0.29) is 11.4 Å². The monoisotopic (exact) mass is 208 g/mol. The highest BCUT2D eigenvalue weighted by Gasteiger charge is 2.18. The summed E-state index contributed by atoms with van der Waals surface area (Å²) in [6, 6.07) is 0. The lowest BCUT2D eigenvalue weighted by Crippen LogP contribution is -2.01. The Balaban J connectivity index is 2.44. The van der Waals surface area contributed by atoms with Crippen molar-refractivity contribution >= 4 is 5.97 Å². The Bertz CT molecular complexity index is 487. The number of H-pyrrole nitrogens is 1. The van der Waals surface area contributed by atoms with E-state index in [4.69, 9.17) is 5.11 Å². The number of hydrogen-bond acceptors (Lipinski definition) is 5. The summed E-state index contributed by atoms with van der Waals surface area (Å²) in [5.74, 6) is -1.15. The van der Waals surface area contributed by atoms with Crippen molar-refractivity contribution in [3.8, 4) is 11.4 Å². The smallest absolute Gasteiger partial charge is 0.358 e. The van der Waals surface area contributed by atoms with Gasteiger partial charge in [-0.2, -0.15) is 25.3 Å². The van der Waals surface area contributed by atoms with E-state index in [2.05, 4.69) is 25.6 Å². The molecular weight excluding hydrogens is 200 g/mol. The second-order valence-corrected chi connectivity index (χ2v) is 2.74. The average Bonchev–Trinajstić information content (AvgIpc) is 2.85. The minimum Gasteiger partial charge on any atom is -0.476 e. The van der Waals surface area contributed by atoms with Gasteiger partial charge in [-0.25, -0.2) is 4.79 Å².